The van der Waals surface area contributed by atoms with Gasteiger partial charge in [-0.25, -0.2) is 0 Å². The van der Waals surface area contributed by atoms with Gasteiger partial charge in [0.05, 0.1) is 11.1 Å². The van der Waals surface area contributed by atoms with Crippen LogP contribution in [0.25, 0.3) is 0 Å². The summed E-state index contributed by atoms with van der Waals surface area (Å²) in [5, 5.41) is 0. The zero-order chi connectivity index (χ0) is 13.6. The molecule has 1 amide bonds. The van der Waals surface area contributed by atoms with Crippen molar-refractivity contribution in [1.82, 2.24) is 0 Å². The van der Waals surface area contributed by atoms with Crippen LogP contribution in [0.15, 0.2) is 12.1 Å². The fourth-order valence-electron chi connectivity index (χ4n) is 3.81. The predicted molar refractivity (Wildman–Crippen MR) is 77.5 cm³/mol. The molecule has 1 fully saturated rings. The molecule has 1 spiro atoms. The lowest BCUT2D eigenvalue weighted by Gasteiger charge is -2.23. The topological polar surface area (TPSA) is 46.3 Å². The van der Waals surface area contributed by atoms with Gasteiger partial charge >= 0.3 is 0 Å². The average Bonchev–Trinajstić information content (AvgIpc) is 2.96. The maximum atomic E-state index is 12.9. The van der Waals surface area contributed by atoms with E-state index in [-0.39, 0.29) is 5.41 Å². The van der Waals surface area contributed by atoms with Crippen LogP contribution in [0, 0.1) is 13.8 Å². The van der Waals surface area contributed by atoms with E-state index in [1.165, 1.54) is 16.7 Å². The quantitative estimate of drug-likeness (QED) is 0.885. The largest absolute Gasteiger partial charge is 0.329 e. The summed E-state index contributed by atoms with van der Waals surface area (Å²) in [6.07, 6.45) is 4.33. The van der Waals surface area contributed by atoms with Crippen LogP contribution in [0.1, 0.15) is 42.4 Å². The third-order valence-electron chi connectivity index (χ3n) is 4.95. The molecule has 2 aliphatic rings. The zero-order valence-corrected chi connectivity index (χ0v) is 11.8. The van der Waals surface area contributed by atoms with Gasteiger partial charge in [-0.3, -0.25) is 4.79 Å². The summed E-state index contributed by atoms with van der Waals surface area (Å²) < 4.78 is 0. The summed E-state index contributed by atoms with van der Waals surface area (Å²) in [7, 11) is 0. The Bertz CT molecular complexity index is 530. The Balaban J connectivity index is 2.21. The first-order chi connectivity index (χ1) is 9.12. The number of benzene rings is 1. The third kappa shape index (κ3) is 1.57. The summed E-state index contributed by atoms with van der Waals surface area (Å²) in [5.74, 6) is 0.291. The van der Waals surface area contributed by atoms with E-state index in [9.17, 15) is 4.79 Å². The molecular formula is C16H22N2O. The van der Waals surface area contributed by atoms with E-state index in [1.807, 2.05) is 4.90 Å². The first-order valence-electron chi connectivity index (χ1n) is 7.24. The lowest BCUT2D eigenvalue weighted by molar-refractivity contribution is -0.123. The number of carbonyl (C=O) groups excluding carboxylic acids is 1. The van der Waals surface area contributed by atoms with Crippen molar-refractivity contribution in [3.8, 4) is 0 Å². The summed E-state index contributed by atoms with van der Waals surface area (Å²) in [6.45, 7) is 5.39. The normalized spacial score (nSPS) is 20.4. The van der Waals surface area contributed by atoms with Crippen LogP contribution in [0.4, 0.5) is 5.69 Å². The van der Waals surface area contributed by atoms with Crippen LogP contribution >= 0.6 is 0 Å². The van der Waals surface area contributed by atoms with Crippen LogP contribution in [-0.2, 0) is 10.2 Å². The van der Waals surface area contributed by atoms with E-state index in [1.54, 1.807) is 0 Å². The van der Waals surface area contributed by atoms with Crippen LogP contribution in [0.5, 0.6) is 0 Å². The Hall–Kier alpha value is -1.35. The lowest BCUT2D eigenvalue weighted by Crippen LogP contribution is -2.40. The third-order valence-corrected chi connectivity index (χ3v) is 4.95. The molecule has 2 N–H and O–H groups in total. The van der Waals surface area contributed by atoms with Crippen molar-refractivity contribution in [3.63, 3.8) is 0 Å². The molecule has 0 unspecified atom stereocenters. The number of rotatable bonds is 2. The van der Waals surface area contributed by atoms with Gasteiger partial charge in [-0.1, -0.05) is 25.0 Å². The molecule has 0 aromatic heterocycles. The monoisotopic (exact) mass is 258 g/mol. The van der Waals surface area contributed by atoms with Gasteiger partial charge in [0.2, 0.25) is 5.91 Å². The van der Waals surface area contributed by atoms with Gasteiger partial charge in [0.15, 0.2) is 0 Å². The van der Waals surface area contributed by atoms with Gasteiger partial charge in [0.25, 0.3) is 0 Å². The van der Waals surface area contributed by atoms with Crippen molar-refractivity contribution >= 4 is 11.6 Å². The minimum Gasteiger partial charge on any atom is -0.329 e. The molecule has 3 heteroatoms. The number of carbonyl (C=O) groups is 1. The predicted octanol–water partition coefficient (Wildman–Crippen LogP) is 2.42. The number of amides is 1. The first-order valence-corrected chi connectivity index (χ1v) is 7.24. The Morgan fingerprint density at radius 2 is 1.95 bits per heavy atom. The summed E-state index contributed by atoms with van der Waals surface area (Å²) in [5.41, 5.74) is 10.4. The summed E-state index contributed by atoms with van der Waals surface area (Å²) >= 11 is 0. The SMILES string of the molecule is Cc1ccc2c(c1C)N(CCN)C(=O)C21CCCC1. The van der Waals surface area contributed by atoms with Crippen molar-refractivity contribution in [1.29, 1.82) is 0 Å². The van der Waals surface area contributed by atoms with Gasteiger partial charge in [0, 0.05) is 13.1 Å². The molecule has 1 aliphatic heterocycles. The molecule has 0 bridgehead atoms. The standard InChI is InChI=1S/C16H22N2O/c1-11-5-6-13-14(12(11)2)18(10-9-17)15(19)16(13)7-3-4-8-16/h5-6H,3-4,7-10,17H2,1-2H3. The van der Waals surface area contributed by atoms with E-state index in [0.29, 0.717) is 19.0 Å². The minimum atomic E-state index is -0.233. The number of nitrogens with two attached hydrogens (primary N) is 1. The molecule has 0 radical (unpaired) electrons. The van der Waals surface area contributed by atoms with E-state index in [4.69, 9.17) is 5.73 Å². The number of hydrogen-bond acceptors (Lipinski definition) is 2. The van der Waals surface area contributed by atoms with Crippen molar-refractivity contribution in [2.75, 3.05) is 18.0 Å². The molecule has 102 valence electrons. The van der Waals surface area contributed by atoms with E-state index < -0.39 is 0 Å². The van der Waals surface area contributed by atoms with Crippen molar-refractivity contribution < 1.29 is 4.79 Å². The highest BCUT2D eigenvalue weighted by atomic mass is 16.2. The second-order valence-corrected chi connectivity index (χ2v) is 5.94. The number of hydrogen-bond donors (Lipinski definition) is 1. The molecule has 19 heavy (non-hydrogen) atoms. The van der Waals surface area contributed by atoms with Crippen molar-refractivity contribution in [3.05, 3.63) is 28.8 Å². The molecule has 3 rings (SSSR count). The summed E-state index contributed by atoms with van der Waals surface area (Å²) in [6, 6.07) is 4.34. The second-order valence-electron chi connectivity index (χ2n) is 5.94. The second kappa shape index (κ2) is 4.34. The molecule has 1 aromatic rings. The van der Waals surface area contributed by atoms with Crippen LogP contribution in [0.2, 0.25) is 0 Å². The molecular weight excluding hydrogens is 236 g/mol. The molecule has 3 nitrogen and oxygen atoms in total. The van der Waals surface area contributed by atoms with Crippen LogP contribution in [-0.4, -0.2) is 19.0 Å². The molecule has 1 heterocycles. The first kappa shape index (κ1) is 12.7. The molecule has 0 atom stereocenters. The summed E-state index contributed by atoms with van der Waals surface area (Å²) in [4.78, 5) is 14.9. The van der Waals surface area contributed by atoms with Gasteiger partial charge in [-0.15, -0.1) is 0 Å². The highest BCUT2D eigenvalue weighted by molar-refractivity contribution is 6.09. The van der Waals surface area contributed by atoms with E-state index >= 15 is 0 Å². The van der Waals surface area contributed by atoms with Crippen LogP contribution < -0.4 is 10.6 Å². The lowest BCUT2D eigenvalue weighted by atomic mass is 9.79. The number of nitrogens with zero attached hydrogens (tertiary/aromatic N) is 1. The molecule has 0 saturated heterocycles. The van der Waals surface area contributed by atoms with Crippen molar-refractivity contribution in [2.45, 2.75) is 44.9 Å². The van der Waals surface area contributed by atoms with Gasteiger partial charge < -0.3 is 10.6 Å². The minimum absolute atomic E-state index is 0.233. The Labute approximate surface area is 114 Å². The fraction of sp³-hybridized carbons (Fsp3) is 0.562. The molecule has 1 aliphatic carbocycles. The smallest absolute Gasteiger partial charge is 0.237 e. The molecule has 1 aromatic carbocycles. The Kier molecular flexibility index (Phi) is 2.90. The zero-order valence-electron chi connectivity index (χ0n) is 11.8. The average molecular weight is 258 g/mol. The number of aryl methyl sites for hydroxylation is 1. The maximum absolute atomic E-state index is 12.9. The fourth-order valence-corrected chi connectivity index (χ4v) is 3.81. The highest BCUT2D eigenvalue weighted by Gasteiger charge is 2.52. The van der Waals surface area contributed by atoms with Gasteiger partial charge in [-0.05, 0) is 43.4 Å². The van der Waals surface area contributed by atoms with Gasteiger partial charge in [0.1, 0.15) is 0 Å². The maximum Gasteiger partial charge on any atom is 0.237 e. The Morgan fingerprint density at radius 3 is 2.58 bits per heavy atom. The number of fused-ring (bicyclic) bond motifs is 2. The van der Waals surface area contributed by atoms with E-state index in [0.717, 1.165) is 31.4 Å². The Morgan fingerprint density at radius 1 is 1.26 bits per heavy atom. The van der Waals surface area contributed by atoms with Crippen molar-refractivity contribution in [2.24, 2.45) is 5.73 Å². The van der Waals surface area contributed by atoms with Crippen LogP contribution in [0.3, 0.4) is 0 Å². The highest BCUT2D eigenvalue weighted by Crippen LogP contribution is 2.52. The molecule has 1 saturated carbocycles. The van der Waals surface area contributed by atoms with E-state index in [2.05, 4.69) is 26.0 Å². The number of anilines is 1. The van der Waals surface area contributed by atoms with Gasteiger partial charge in [-0.2, -0.15) is 0 Å².